The predicted octanol–water partition coefficient (Wildman–Crippen LogP) is 3.42. The summed E-state index contributed by atoms with van der Waals surface area (Å²) in [4.78, 5) is 5.63. The van der Waals surface area contributed by atoms with Crippen molar-refractivity contribution in [3.63, 3.8) is 0 Å². The molecule has 0 aliphatic carbocycles. The fourth-order valence-corrected chi connectivity index (χ4v) is 3.26. The van der Waals surface area contributed by atoms with Gasteiger partial charge in [-0.05, 0) is 13.0 Å². The SMILES string of the molecule is Cc1nc(CCO)sc1-c1ccccc1Br. The van der Waals surface area contributed by atoms with Crippen LogP contribution in [0.4, 0.5) is 0 Å². The summed E-state index contributed by atoms with van der Waals surface area (Å²) >= 11 is 5.20. The first-order chi connectivity index (χ1) is 7.72. The average molecular weight is 298 g/mol. The van der Waals surface area contributed by atoms with Crippen LogP contribution in [0.25, 0.3) is 10.4 Å². The van der Waals surface area contributed by atoms with Gasteiger partial charge in [0.1, 0.15) is 0 Å². The number of aryl methyl sites for hydroxylation is 1. The van der Waals surface area contributed by atoms with Crippen molar-refractivity contribution in [3.05, 3.63) is 39.4 Å². The van der Waals surface area contributed by atoms with E-state index in [0.29, 0.717) is 6.42 Å². The van der Waals surface area contributed by atoms with Crippen LogP contribution in [-0.4, -0.2) is 16.7 Å². The van der Waals surface area contributed by atoms with Crippen molar-refractivity contribution in [3.8, 4) is 10.4 Å². The molecule has 1 heterocycles. The molecule has 0 unspecified atom stereocenters. The van der Waals surface area contributed by atoms with E-state index in [-0.39, 0.29) is 6.61 Å². The molecule has 1 N–H and O–H groups in total. The number of hydrogen-bond donors (Lipinski definition) is 1. The Kier molecular flexibility index (Phi) is 3.74. The topological polar surface area (TPSA) is 33.1 Å². The highest BCUT2D eigenvalue weighted by Crippen LogP contribution is 2.34. The van der Waals surface area contributed by atoms with Crippen molar-refractivity contribution in [2.24, 2.45) is 0 Å². The molecule has 0 saturated carbocycles. The lowest BCUT2D eigenvalue weighted by molar-refractivity contribution is 0.299. The predicted molar refractivity (Wildman–Crippen MR) is 70.8 cm³/mol. The van der Waals surface area contributed by atoms with E-state index in [0.717, 1.165) is 15.2 Å². The first-order valence-electron chi connectivity index (χ1n) is 5.04. The number of aliphatic hydroxyl groups is 1. The van der Waals surface area contributed by atoms with E-state index in [9.17, 15) is 0 Å². The van der Waals surface area contributed by atoms with Gasteiger partial charge in [-0.15, -0.1) is 11.3 Å². The van der Waals surface area contributed by atoms with E-state index in [1.165, 1.54) is 10.4 Å². The Morgan fingerprint density at radius 2 is 2.12 bits per heavy atom. The molecule has 4 heteroatoms. The van der Waals surface area contributed by atoms with Crippen molar-refractivity contribution in [1.82, 2.24) is 4.98 Å². The molecule has 84 valence electrons. The quantitative estimate of drug-likeness (QED) is 0.942. The Labute approximate surface area is 107 Å². The summed E-state index contributed by atoms with van der Waals surface area (Å²) in [5.41, 5.74) is 2.20. The number of benzene rings is 1. The summed E-state index contributed by atoms with van der Waals surface area (Å²) in [6.07, 6.45) is 0.635. The lowest BCUT2D eigenvalue weighted by Gasteiger charge is -2.01. The molecule has 16 heavy (non-hydrogen) atoms. The zero-order valence-electron chi connectivity index (χ0n) is 8.90. The molecule has 0 aliphatic heterocycles. The lowest BCUT2D eigenvalue weighted by Crippen LogP contribution is -1.88. The second-order valence-corrected chi connectivity index (χ2v) is 5.41. The summed E-state index contributed by atoms with van der Waals surface area (Å²) in [6, 6.07) is 8.12. The van der Waals surface area contributed by atoms with Gasteiger partial charge in [-0.1, -0.05) is 34.1 Å². The van der Waals surface area contributed by atoms with Crippen LogP contribution in [0.3, 0.4) is 0 Å². The number of rotatable bonds is 3. The molecule has 0 atom stereocenters. The highest BCUT2D eigenvalue weighted by molar-refractivity contribution is 9.10. The average Bonchev–Trinajstić information content (AvgIpc) is 2.61. The van der Waals surface area contributed by atoms with Gasteiger partial charge in [0.15, 0.2) is 0 Å². The molecular weight excluding hydrogens is 286 g/mol. The van der Waals surface area contributed by atoms with Crippen molar-refractivity contribution < 1.29 is 5.11 Å². The van der Waals surface area contributed by atoms with Crippen LogP contribution in [0.2, 0.25) is 0 Å². The van der Waals surface area contributed by atoms with E-state index in [1.54, 1.807) is 11.3 Å². The van der Waals surface area contributed by atoms with Crippen LogP contribution in [0.15, 0.2) is 28.7 Å². The first-order valence-corrected chi connectivity index (χ1v) is 6.65. The van der Waals surface area contributed by atoms with Crippen LogP contribution in [0, 0.1) is 6.92 Å². The summed E-state index contributed by atoms with van der Waals surface area (Å²) < 4.78 is 1.08. The molecule has 2 rings (SSSR count). The van der Waals surface area contributed by atoms with Crippen molar-refractivity contribution >= 4 is 27.3 Å². The van der Waals surface area contributed by atoms with E-state index in [2.05, 4.69) is 27.0 Å². The largest absolute Gasteiger partial charge is 0.396 e. The van der Waals surface area contributed by atoms with Gasteiger partial charge in [0.2, 0.25) is 0 Å². The normalized spacial score (nSPS) is 10.7. The van der Waals surface area contributed by atoms with Gasteiger partial charge in [0.05, 0.1) is 15.6 Å². The van der Waals surface area contributed by atoms with Crippen LogP contribution in [0.5, 0.6) is 0 Å². The van der Waals surface area contributed by atoms with Gasteiger partial charge in [-0.3, -0.25) is 0 Å². The Balaban J connectivity index is 2.44. The van der Waals surface area contributed by atoms with E-state index in [1.807, 2.05) is 25.1 Å². The van der Waals surface area contributed by atoms with Gasteiger partial charge in [-0.25, -0.2) is 4.98 Å². The lowest BCUT2D eigenvalue weighted by atomic mass is 10.2. The molecule has 0 aliphatic rings. The van der Waals surface area contributed by atoms with E-state index >= 15 is 0 Å². The molecule has 0 saturated heterocycles. The second kappa shape index (κ2) is 5.08. The van der Waals surface area contributed by atoms with Crippen molar-refractivity contribution in [2.75, 3.05) is 6.61 Å². The number of thiazole rings is 1. The molecule has 1 aromatic carbocycles. The maximum absolute atomic E-state index is 8.90. The van der Waals surface area contributed by atoms with Crippen molar-refractivity contribution in [2.45, 2.75) is 13.3 Å². The highest BCUT2D eigenvalue weighted by Gasteiger charge is 2.11. The minimum absolute atomic E-state index is 0.155. The monoisotopic (exact) mass is 297 g/mol. The molecule has 1 aromatic heterocycles. The minimum atomic E-state index is 0.155. The first kappa shape index (κ1) is 11.8. The van der Waals surface area contributed by atoms with Gasteiger partial charge < -0.3 is 5.11 Å². The van der Waals surface area contributed by atoms with Gasteiger partial charge >= 0.3 is 0 Å². The molecule has 0 spiro atoms. The highest BCUT2D eigenvalue weighted by atomic mass is 79.9. The number of nitrogens with zero attached hydrogens (tertiary/aromatic N) is 1. The van der Waals surface area contributed by atoms with Crippen LogP contribution in [0.1, 0.15) is 10.7 Å². The summed E-state index contributed by atoms with van der Waals surface area (Å²) in [7, 11) is 0. The van der Waals surface area contributed by atoms with Crippen LogP contribution in [-0.2, 0) is 6.42 Å². The Morgan fingerprint density at radius 1 is 1.38 bits per heavy atom. The molecule has 0 fully saturated rings. The smallest absolute Gasteiger partial charge is 0.0957 e. The maximum atomic E-state index is 8.90. The fourth-order valence-electron chi connectivity index (χ4n) is 1.55. The molecule has 2 nitrogen and oxygen atoms in total. The molecule has 0 radical (unpaired) electrons. The number of aromatic nitrogens is 1. The van der Waals surface area contributed by atoms with Gasteiger partial charge in [0, 0.05) is 23.1 Å². The zero-order chi connectivity index (χ0) is 11.5. The maximum Gasteiger partial charge on any atom is 0.0957 e. The number of halogens is 1. The number of aliphatic hydroxyl groups excluding tert-OH is 1. The van der Waals surface area contributed by atoms with Crippen LogP contribution >= 0.6 is 27.3 Å². The van der Waals surface area contributed by atoms with Crippen LogP contribution < -0.4 is 0 Å². The minimum Gasteiger partial charge on any atom is -0.396 e. The molecule has 0 bridgehead atoms. The van der Waals surface area contributed by atoms with Crippen molar-refractivity contribution in [1.29, 1.82) is 0 Å². The molecule has 0 amide bonds. The Bertz CT molecular complexity index is 496. The van der Waals surface area contributed by atoms with Gasteiger partial charge in [-0.2, -0.15) is 0 Å². The van der Waals surface area contributed by atoms with Gasteiger partial charge in [0.25, 0.3) is 0 Å². The van der Waals surface area contributed by atoms with E-state index in [4.69, 9.17) is 5.11 Å². The van der Waals surface area contributed by atoms with E-state index < -0.39 is 0 Å². The zero-order valence-corrected chi connectivity index (χ0v) is 11.3. The number of hydrogen-bond acceptors (Lipinski definition) is 3. The molecule has 2 aromatic rings. The summed E-state index contributed by atoms with van der Waals surface area (Å²) in [5, 5.41) is 9.89. The summed E-state index contributed by atoms with van der Waals surface area (Å²) in [5.74, 6) is 0. The second-order valence-electron chi connectivity index (χ2n) is 3.48. The third-order valence-corrected chi connectivity index (χ3v) is 4.23. The third kappa shape index (κ3) is 2.34. The third-order valence-electron chi connectivity index (χ3n) is 2.29. The Hall–Kier alpha value is -0.710. The Morgan fingerprint density at radius 3 is 2.81 bits per heavy atom. The summed E-state index contributed by atoms with van der Waals surface area (Å²) in [6.45, 7) is 2.16. The molecular formula is C12H12BrNOS. The standard InChI is InChI=1S/C12H12BrNOS/c1-8-12(16-11(14-8)6-7-15)9-4-2-3-5-10(9)13/h2-5,15H,6-7H2,1H3. The fraction of sp³-hybridized carbons (Fsp3) is 0.250.